The van der Waals surface area contributed by atoms with E-state index >= 15 is 0 Å². The van der Waals surface area contributed by atoms with Gasteiger partial charge >= 0.3 is 0 Å². The van der Waals surface area contributed by atoms with Crippen LogP contribution in [0.5, 0.6) is 0 Å². The molecule has 0 saturated carbocycles. The first-order chi connectivity index (χ1) is 10.2. The molecule has 0 spiro atoms. The third-order valence-electron chi connectivity index (χ3n) is 3.96. The van der Waals surface area contributed by atoms with Gasteiger partial charge in [0.15, 0.2) is 0 Å². The van der Waals surface area contributed by atoms with Gasteiger partial charge in [0.1, 0.15) is 0 Å². The lowest BCUT2D eigenvalue weighted by Gasteiger charge is -2.13. The number of fused-ring (bicyclic) bond motifs is 1. The van der Waals surface area contributed by atoms with E-state index in [9.17, 15) is 0 Å². The highest BCUT2D eigenvalue weighted by atomic mass is 15.3. The van der Waals surface area contributed by atoms with Crippen molar-refractivity contribution < 1.29 is 0 Å². The molecule has 0 fully saturated rings. The highest BCUT2D eigenvalue weighted by molar-refractivity contribution is 5.66. The number of benzene rings is 1. The minimum atomic E-state index is 0.329. The normalized spacial score (nSPS) is 14.6. The molecule has 0 saturated heterocycles. The molecule has 3 rings (SSSR count). The summed E-state index contributed by atoms with van der Waals surface area (Å²) in [6, 6.07) is 10.3. The molecule has 0 unspecified atom stereocenters. The lowest BCUT2D eigenvalue weighted by Crippen LogP contribution is -2.17. The molecule has 0 amide bonds. The van der Waals surface area contributed by atoms with Crippen molar-refractivity contribution in [2.75, 3.05) is 13.1 Å². The van der Waals surface area contributed by atoms with Crippen molar-refractivity contribution in [3.8, 4) is 17.3 Å². The second-order valence-electron chi connectivity index (χ2n) is 5.75. The molecule has 1 aromatic carbocycles. The topological polar surface area (TPSA) is 53.6 Å². The second-order valence-corrected chi connectivity index (χ2v) is 5.75. The molecule has 0 atom stereocenters. The van der Waals surface area contributed by atoms with Crippen molar-refractivity contribution in [2.45, 2.75) is 32.7 Å². The summed E-state index contributed by atoms with van der Waals surface area (Å²) < 4.78 is 2.14. The largest absolute Gasteiger partial charge is 0.316 e. The van der Waals surface area contributed by atoms with Crippen LogP contribution < -0.4 is 5.32 Å². The number of aromatic nitrogens is 2. The summed E-state index contributed by atoms with van der Waals surface area (Å²) in [6.45, 7) is 6.32. The number of nitrogens with zero attached hydrogens (tertiary/aromatic N) is 3. The molecule has 0 bridgehead atoms. The zero-order chi connectivity index (χ0) is 14.8. The van der Waals surface area contributed by atoms with E-state index in [1.54, 1.807) is 0 Å². The Labute approximate surface area is 125 Å². The maximum atomic E-state index is 8.96. The molecule has 0 aliphatic carbocycles. The van der Waals surface area contributed by atoms with Crippen molar-refractivity contribution in [1.29, 1.82) is 5.26 Å². The third-order valence-corrected chi connectivity index (χ3v) is 3.96. The highest BCUT2D eigenvalue weighted by Crippen LogP contribution is 2.30. The van der Waals surface area contributed by atoms with E-state index in [2.05, 4.69) is 29.9 Å². The van der Waals surface area contributed by atoms with E-state index in [0.717, 1.165) is 31.5 Å². The zero-order valence-corrected chi connectivity index (χ0v) is 12.6. The maximum Gasteiger partial charge on any atom is 0.0991 e. The molecule has 0 radical (unpaired) electrons. The molecule has 2 heterocycles. The van der Waals surface area contributed by atoms with Crippen LogP contribution in [0.25, 0.3) is 11.3 Å². The average molecular weight is 280 g/mol. The van der Waals surface area contributed by atoms with Gasteiger partial charge in [-0.05, 0) is 38.9 Å². The molecule has 2 aromatic rings. The molecule has 4 nitrogen and oxygen atoms in total. The predicted octanol–water partition coefficient (Wildman–Crippen LogP) is 2.69. The van der Waals surface area contributed by atoms with Crippen LogP contribution in [-0.2, 0) is 12.8 Å². The Morgan fingerprint density at radius 2 is 1.90 bits per heavy atom. The minimum Gasteiger partial charge on any atom is -0.316 e. The summed E-state index contributed by atoms with van der Waals surface area (Å²) in [4.78, 5) is 0. The number of nitrogens with one attached hydrogen (secondary N) is 1. The summed E-state index contributed by atoms with van der Waals surface area (Å²) in [6.07, 6.45) is 2.00. The first-order valence-corrected chi connectivity index (χ1v) is 7.52. The van der Waals surface area contributed by atoms with E-state index in [4.69, 9.17) is 10.4 Å². The summed E-state index contributed by atoms with van der Waals surface area (Å²) >= 11 is 0. The summed E-state index contributed by atoms with van der Waals surface area (Å²) in [5.41, 5.74) is 5.64. The number of hydrogen-bond acceptors (Lipinski definition) is 3. The van der Waals surface area contributed by atoms with Gasteiger partial charge in [0.25, 0.3) is 0 Å². The van der Waals surface area contributed by atoms with Crippen molar-refractivity contribution in [3.63, 3.8) is 0 Å². The fourth-order valence-corrected chi connectivity index (χ4v) is 2.91. The quantitative estimate of drug-likeness (QED) is 0.920. The second kappa shape index (κ2) is 5.71. The van der Waals surface area contributed by atoms with Crippen molar-refractivity contribution in [2.24, 2.45) is 0 Å². The first-order valence-electron chi connectivity index (χ1n) is 7.52. The molecule has 1 aromatic heterocycles. The molecule has 1 aliphatic rings. The Hall–Kier alpha value is -2.12. The van der Waals surface area contributed by atoms with Crippen molar-refractivity contribution in [1.82, 2.24) is 15.1 Å². The summed E-state index contributed by atoms with van der Waals surface area (Å²) in [7, 11) is 0. The Morgan fingerprint density at radius 1 is 1.19 bits per heavy atom. The Balaban J connectivity index is 2.14. The molecule has 4 heteroatoms. The maximum absolute atomic E-state index is 8.96. The van der Waals surface area contributed by atoms with Gasteiger partial charge in [0.2, 0.25) is 0 Å². The lowest BCUT2D eigenvalue weighted by molar-refractivity contribution is 0.529. The van der Waals surface area contributed by atoms with Crippen LogP contribution in [0.1, 0.15) is 36.7 Å². The number of hydrogen-bond donors (Lipinski definition) is 1. The molecular weight excluding hydrogens is 260 g/mol. The molecule has 108 valence electrons. The standard InChI is InChI=1S/C17H20N4/c1-12(2)21-17(14-5-3-13(11-18)4-6-14)15-7-9-19-10-8-16(15)20-21/h3-6,12,19H,7-10H2,1-2H3. The van der Waals surface area contributed by atoms with Gasteiger partial charge in [-0.2, -0.15) is 10.4 Å². The Kier molecular flexibility index (Phi) is 3.76. The van der Waals surface area contributed by atoms with Crippen LogP contribution in [0, 0.1) is 11.3 Å². The van der Waals surface area contributed by atoms with Gasteiger partial charge in [0.05, 0.1) is 23.0 Å². The lowest BCUT2D eigenvalue weighted by atomic mass is 10.0. The van der Waals surface area contributed by atoms with Gasteiger partial charge in [0, 0.05) is 30.1 Å². The van der Waals surface area contributed by atoms with Crippen LogP contribution in [0.4, 0.5) is 0 Å². The average Bonchev–Trinajstić information content (AvgIpc) is 2.71. The van der Waals surface area contributed by atoms with Gasteiger partial charge in [-0.25, -0.2) is 0 Å². The number of rotatable bonds is 2. The first kappa shape index (κ1) is 13.8. The van der Waals surface area contributed by atoms with Crippen LogP contribution in [-0.4, -0.2) is 22.9 Å². The van der Waals surface area contributed by atoms with Crippen LogP contribution >= 0.6 is 0 Å². The van der Waals surface area contributed by atoms with Gasteiger partial charge in [-0.1, -0.05) is 12.1 Å². The van der Waals surface area contributed by atoms with E-state index in [1.165, 1.54) is 17.0 Å². The minimum absolute atomic E-state index is 0.329. The molecule has 1 N–H and O–H groups in total. The van der Waals surface area contributed by atoms with E-state index in [-0.39, 0.29) is 0 Å². The van der Waals surface area contributed by atoms with Crippen LogP contribution in [0.3, 0.4) is 0 Å². The van der Waals surface area contributed by atoms with Gasteiger partial charge < -0.3 is 5.32 Å². The fraction of sp³-hybridized carbons (Fsp3) is 0.412. The SMILES string of the molecule is CC(C)n1nc2c(c1-c1ccc(C#N)cc1)CCNCC2. The third kappa shape index (κ3) is 2.57. The molecular formula is C17H20N4. The van der Waals surface area contributed by atoms with Crippen molar-refractivity contribution in [3.05, 3.63) is 41.1 Å². The highest BCUT2D eigenvalue weighted by Gasteiger charge is 2.21. The van der Waals surface area contributed by atoms with Gasteiger partial charge in [-0.3, -0.25) is 4.68 Å². The molecule has 21 heavy (non-hydrogen) atoms. The Morgan fingerprint density at radius 3 is 2.57 bits per heavy atom. The summed E-state index contributed by atoms with van der Waals surface area (Å²) in [5, 5.41) is 17.2. The predicted molar refractivity (Wildman–Crippen MR) is 83.0 cm³/mol. The van der Waals surface area contributed by atoms with Crippen LogP contribution in [0.2, 0.25) is 0 Å². The number of nitriles is 1. The monoisotopic (exact) mass is 280 g/mol. The van der Waals surface area contributed by atoms with E-state index in [0.29, 0.717) is 11.6 Å². The van der Waals surface area contributed by atoms with E-state index in [1.807, 2.05) is 24.3 Å². The summed E-state index contributed by atoms with van der Waals surface area (Å²) in [5.74, 6) is 0. The smallest absolute Gasteiger partial charge is 0.0991 e. The van der Waals surface area contributed by atoms with Crippen LogP contribution in [0.15, 0.2) is 24.3 Å². The molecule has 1 aliphatic heterocycles. The fourth-order valence-electron chi connectivity index (χ4n) is 2.91. The van der Waals surface area contributed by atoms with Gasteiger partial charge in [-0.15, -0.1) is 0 Å². The van der Waals surface area contributed by atoms with E-state index < -0.39 is 0 Å². The Bertz CT molecular complexity index is 674. The zero-order valence-electron chi connectivity index (χ0n) is 12.6. The van der Waals surface area contributed by atoms with Crippen molar-refractivity contribution >= 4 is 0 Å².